The van der Waals surface area contributed by atoms with Gasteiger partial charge in [-0.25, -0.2) is 0 Å². The van der Waals surface area contributed by atoms with Crippen LogP contribution < -0.4 is 0 Å². The standard InChI is InChI=1S/C10H14N2/c1-2-4-9-7(3-1)5-8-6-11-12-10(8)9/h6-7,9H,1-5H2,(H,11,12). The minimum absolute atomic E-state index is 0.830. The minimum atomic E-state index is 0.830. The lowest BCUT2D eigenvalue weighted by Gasteiger charge is -2.24. The lowest BCUT2D eigenvalue weighted by Crippen LogP contribution is -2.13. The lowest BCUT2D eigenvalue weighted by atomic mass is 9.81. The van der Waals surface area contributed by atoms with Crippen molar-refractivity contribution in [2.75, 3.05) is 0 Å². The van der Waals surface area contributed by atoms with E-state index in [0.29, 0.717) is 0 Å². The first-order chi connectivity index (χ1) is 5.95. The Bertz CT molecular complexity index is 290. The molecule has 0 bridgehead atoms. The van der Waals surface area contributed by atoms with Crippen LogP contribution in [0.15, 0.2) is 6.20 Å². The van der Waals surface area contributed by atoms with Gasteiger partial charge in [-0.3, -0.25) is 5.10 Å². The lowest BCUT2D eigenvalue weighted by molar-refractivity contribution is 0.325. The predicted molar refractivity (Wildman–Crippen MR) is 47.0 cm³/mol. The molecule has 0 aromatic carbocycles. The van der Waals surface area contributed by atoms with Crippen LogP contribution in [0.4, 0.5) is 0 Å². The van der Waals surface area contributed by atoms with Gasteiger partial charge in [0.15, 0.2) is 0 Å². The Labute approximate surface area is 72.4 Å². The van der Waals surface area contributed by atoms with Crippen molar-refractivity contribution >= 4 is 0 Å². The number of nitrogens with zero attached hydrogens (tertiary/aromatic N) is 1. The maximum atomic E-state index is 4.11. The van der Waals surface area contributed by atoms with Gasteiger partial charge < -0.3 is 0 Å². The SMILES string of the molecule is c1n[nH]c2c1CC1CCCCC21. The molecule has 1 fully saturated rings. The normalized spacial score (nSPS) is 33.0. The highest BCUT2D eigenvalue weighted by Gasteiger charge is 2.35. The van der Waals surface area contributed by atoms with Crippen LogP contribution in [0.25, 0.3) is 0 Å². The average molecular weight is 162 g/mol. The number of fused-ring (bicyclic) bond motifs is 3. The Morgan fingerprint density at radius 1 is 1.33 bits per heavy atom. The summed E-state index contributed by atoms with van der Waals surface area (Å²) in [7, 11) is 0. The van der Waals surface area contributed by atoms with Crippen LogP contribution in [0.2, 0.25) is 0 Å². The number of aromatic amines is 1. The van der Waals surface area contributed by atoms with Gasteiger partial charge in [0, 0.05) is 11.6 Å². The number of hydrogen-bond acceptors (Lipinski definition) is 1. The number of nitrogens with one attached hydrogen (secondary N) is 1. The first-order valence-electron chi connectivity index (χ1n) is 4.97. The van der Waals surface area contributed by atoms with E-state index in [1.807, 2.05) is 6.20 Å². The second-order valence-corrected chi connectivity index (χ2v) is 4.16. The van der Waals surface area contributed by atoms with Gasteiger partial charge in [0.1, 0.15) is 0 Å². The van der Waals surface area contributed by atoms with E-state index >= 15 is 0 Å². The van der Waals surface area contributed by atoms with E-state index in [0.717, 1.165) is 11.8 Å². The number of rotatable bonds is 0. The molecular weight excluding hydrogens is 148 g/mol. The van der Waals surface area contributed by atoms with Gasteiger partial charge in [-0.15, -0.1) is 0 Å². The van der Waals surface area contributed by atoms with Gasteiger partial charge in [-0.2, -0.15) is 5.10 Å². The zero-order valence-corrected chi connectivity index (χ0v) is 7.21. The summed E-state index contributed by atoms with van der Waals surface area (Å²) in [5.74, 6) is 1.78. The molecule has 0 radical (unpaired) electrons. The Morgan fingerprint density at radius 3 is 3.25 bits per heavy atom. The van der Waals surface area contributed by atoms with Crippen molar-refractivity contribution in [2.24, 2.45) is 5.92 Å². The van der Waals surface area contributed by atoms with Crippen molar-refractivity contribution in [2.45, 2.75) is 38.0 Å². The summed E-state index contributed by atoms with van der Waals surface area (Å²) < 4.78 is 0. The first-order valence-corrected chi connectivity index (χ1v) is 4.97. The minimum Gasteiger partial charge on any atom is -0.282 e. The van der Waals surface area contributed by atoms with Gasteiger partial charge in [0.25, 0.3) is 0 Å². The molecular formula is C10H14N2. The van der Waals surface area contributed by atoms with Gasteiger partial charge in [-0.1, -0.05) is 12.8 Å². The van der Waals surface area contributed by atoms with E-state index in [-0.39, 0.29) is 0 Å². The van der Waals surface area contributed by atoms with Crippen LogP contribution in [0.3, 0.4) is 0 Å². The fraction of sp³-hybridized carbons (Fsp3) is 0.700. The smallest absolute Gasteiger partial charge is 0.0522 e. The van der Waals surface area contributed by atoms with E-state index in [9.17, 15) is 0 Å². The molecule has 1 heterocycles. The van der Waals surface area contributed by atoms with Crippen molar-refractivity contribution in [1.29, 1.82) is 0 Å². The van der Waals surface area contributed by atoms with E-state index in [4.69, 9.17) is 0 Å². The second kappa shape index (κ2) is 2.35. The summed E-state index contributed by atoms with van der Waals surface area (Å²) in [6.45, 7) is 0. The summed E-state index contributed by atoms with van der Waals surface area (Å²) in [6.07, 6.45) is 9.00. The molecule has 2 aliphatic rings. The summed E-state index contributed by atoms with van der Waals surface area (Å²) in [6, 6.07) is 0. The summed E-state index contributed by atoms with van der Waals surface area (Å²) in [5, 5.41) is 7.28. The van der Waals surface area contributed by atoms with Gasteiger partial charge in [0.05, 0.1) is 6.20 Å². The number of H-pyrrole nitrogens is 1. The summed E-state index contributed by atoms with van der Waals surface area (Å²) in [5.41, 5.74) is 2.95. The monoisotopic (exact) mass is 162 g/mol. The van der Waals surface area contributed by atoms with Gasteiger partial charge in [-0.05, 0) is 30.7 Å². The summed E-state index contributed by atoms with van der Waals surface area (Å²) >= 11 is 0. The van der Waals surface area contributed by atoms with Crippen LogP contribution in [-0.2, 0) is 6.42 Å². The molecule has 1 N–H and O–H groups in total. The zero-order chi connectivity index (χ0) is 7.97. The van der Waals surface area contributed by atoms with Crippen molar-refractivity contribution < 1.29 is 0 Å². The Morgan fingerprint density at radius 2 is 2.25 bits per heavy atom. The molecule has 64 valence electrons. The highest BCUT2D eigenvalue weighted by Crippen LogP contribution is 2.45. The van der Waals surface area contributed by atoms with Crippen molar-refractivity contribution in [3.05, 3.63) is 17.5 Å². The molecule has 0 amide bonds. The highest BCUT2D eigenvalue weighted by atomic mass is 15.1. The Kier molecular flexibility index (Phi) is 1.31. The van der Waals surface area contributed by atoms with Crippen molar-refractivity contribution in [3.8, 4) is 0 Å². The zero-order valence-electron chi connectivity index (χ0n) is 7.21. The molecule has 2 atom stereocenters. The van der Waals surface area contributed by atoms with Crippen LogP contribution in [-0.4, -0.2) is 10.2 Å². The molecule has 12 heavy (non-hydrogen) atoms. The van der Waals surface area contributed by atoms with Crippen molar-refractivity contribution in [1.82, 2.24) is 10.2 Å². The predicted octanol–water partition coefficient (Wildman–Crippen LogP) is 2.24. The molecule has 3 rings (SSSR count). The molecule has 0 spiro atoms. The van der Waals surface area contributed by atoms with E-state index in [1.54, 1.807) is 0 Å². The van der Waals surface area contributed by atoms with Gasteiger partial charge in [0.2, 0.25) is 0 Å². The molecule has 2 nitrogen and oxygen atoms in total. The molecule has 1 aromatic heterocycles. The maximum absolute atomic E-state index is 4.11. The third kappa shape index (κ3) is 0.780. The van der Waals surface area contributed by atoms with E-state index in [1.165, 1.54) is 43.4 Å². The van der Waals surface area contributed by atoms with E-state index in [2.05, 4.69) is 10.2 Å². The molecule has 0 aliphatic heterocycles. The molecule has 2 heteroatoms. The topological polar surface area (TPSA) is 28.7 Å². The quantitative estimate of drug-likeness (QED) is 0.622. The van der Waals surface area contributed by atoms with Crippen LogP contribution in [0.5, 0.6) is 0 Å². The Balaban J connectivity index is 1.98. The molecule has 2 unspecified atom stereocenters. The first kappa shape index (κ1) is 6.70. The van der Waals surface area contributed by atoms with Crippen LogP contribution in [0, 0.1) is 5.92 Å². The fourth-order valence-electron chi connectivity index (χ4n) is 2.92. The second-order valence-electron chi connectivity index (χ2n) is 4.16. The van der Waals surface area contributed by atoms with Crippen LogP contribution in [0.1, 0.15) is 42.9 Å². The third-order valence-electron chi connectivity index (χ3n) is 3.51. The van der Waals surface area contributed by atoms with Gasteiger partial charge >= 0.3 is 0 Å². The van der Waals surface area contributed by atoms with Crippen molar-refractivity contribution in [3.63, 3.8) is 0 Å². The number of hydrogen-bond donors (Lipinski definition) is 1. The molecule has 0 saturated heterocycles. The largest absolute Gasteiger partial charge is 0.282 e. The third-order valence-corrected chi connectivity index (χ3v) is 3.51. The summed E-state index contributed by atoms with van der Waals surface area (Å²) in [4.78, 5) is 0. The fourth-order valence-corrected chi connectivity index (χ4v) is 2.92. The molecule has 1 aromatic rings. The Hall–Kier alpha value is -0.790. The molecule has 1 saturated carbocycles. The maximum Gasteiger partial charge on any atom is 0.0522 e. The molecule has 2 aliphatic carbocycles. The average Bonchev–Trinajstić information content (AvgIpc) is 2.62. The van der Waals surface area contributed by atoms with Crippen LogP contribution >= 0.6 is 0 Å². The van der Waals surface area contributed by atoms with E-state index < -0.39 is 0 Å². The highest BCUT2D eigenvalue weighted by molar-refractivity contribution is 5.28. The number of aromatic nitrogens is 2.